The van der Waals surface area contributed by atoms with Crippen LogP contribution >= 0.6 is 0 Å². The molecule has 0 radical (unpaired) electrons. The lowest BCUT2D eigenvalue weighted by molar-refractivity contribution is 0.0625. The number of hydrogen-bond donors (Lipinski definition) is 0. The Labute approximate surface area is 121 Å². The summed E-state index contributed by atoms with van der Waals surface area (Å²) in [6.07, 6.45) is 0.249. The Hall–Kier alpha value is -1.39. The molecule has 0 atom stereocenters. The van der Waals surface area contributed by atoms with Crippen molar-refractivity contribution < 1.29 is 14.3 Å². The molecule has 0 saturated heterocycles. The van der Waals surface area contributed by atoms with Crippen LogP contribution in [0, 0.1) is 0 Å². The third kappa shape index (κ3) is 5.31. The summed E-state index contributed by atoms with van der Waals surface area (Å²) in [6, 6.07) is 5.55. The van der Waals surface area contributed by atoms with Gasteiger partial charge in [-0.25, -0.2) is 0 Å². The van der Waals surface area contributed by atoms with Crippen molar-refractivity contribution in [2.75, 3.05) is 27.3 Å². The molecule has 0 aliphatic rings. The maximum absolute atomic E-state index is 11.5. The first kappa shape index (κ1) is 16.7. The summed E-state index contributed by atoms with van der Waals surface area (Å²) in [4.78, 5) is 13.6. The lowest BCUT2D eigenvalue weighted by Gasteiger charge is -2.19. The first-order chi connectivity index (χ1) is 9.43. The lowest BCUT2D eigenvalue weighted by Crippen LogP contribution is -2.24. The lowest BCUT2D eigenvalue weighted by atomic mass is 10.1. The molecule has 0 aliphatic carbocycles. The number of likely N-dealkylation sites (N-methyl/N-ethyl adjacent to an activating group) is 1. The fourth-order valence-electron chi connectivity index (χ4n) is 1.94. The minimum Gasteiger partial charge on any atom is -0.496 e. The van der Waals surface area contributed by atoms with E-state index < -0.39 is 0 Å². The monoisotopic (exact) mass is 279 g/mol. The number of carbonyl (C=O) groups is 1. The molecule has 0 heterocycles. The number of ether oxygens (including phenoxy) is 2. The van der Waals surface area contributed by atoms with E-state index in [1.165, 1.54) is 0 Å². The summed E-state index contributed by atoms with van der Waals surface area (Å²) in [5.41, 5.74) is 1.74. The maximum Gasteiger partial charge on any atom is 0.159 e. The average molecular weight is 279 g/mol. The van der Waals surface area contributed by atoms with E-state index in [1.807, 2.05) is 33.0 Å². The molecule has 0 saturated carbocycles. The van der Waals surface area contributed by atoms with Crippen molar-refractivity contribution in [1.82, 2.24) is 4.90 Å². The molecule has 0 aromatic heterocycles. The van der Waals surface area contributed by atoms with Gasteiger partial charge in [-0.1, -0.05) is 0 Å². The van der Waals surface area contributed by atoms with Gasteiger partial charge in [-0.15, -0.1) is 0 Å². The number of ketones is 1. The van der Waals surface area contributed by atoms with Crippen molar-refractivity contribution in [3.8, 4) is 5.75 Å². The Morgan fingerprint density at radius 3 is 2.60 bits per heavy atom. The number of benzene rings is 1. The van der Waals surface area contributed by atoms with Crippen LogP contribution in [0.1, 0.15) is 36.7 Å². The molecule has 0 bridgehead atoms. The van der Waals surface area contributed by atoms with Crippen LogP contribution in [0.4, 0.5) is 0 Å². The van der Waals surface area contributed by atoms with E-state index in [0.29, 0.717) is 12.2 Å². The fraction of sp³-hybridized carbons (Fsp3) is 0.562. The van der Waals surface area contributed by atoms with Gasteiger partial charge in [0, 0.05) is 24.2 Å². The van der Waals surface area contributed by atoms with Gasteiger partial charge in [-0.2, -0.15) is 0 Å². The second-order valence-corrected chi connectivity index (χ2v) is 5.24. The molecular weight excluding hydrogens is 254 g/mol. The van der Waals surface area contributed by atoms with E-state index in [2.05, 4.69) is 4.90 Å². The van der Waals surface area contributed by atoms with Crippen LogP contribution in [0.3, 0.4) is 0 Å². The van der Waals surface area contributed by atoms with Crippen molar-refractivity contribution in [2.45, 2.75) is 33.4 Å². The zero-order valence-corrected chi connectivity index (χ0v) is 13.1. The van der Waals surface area contributed by atoms with Crippen molar-refractivity contribution in [3.05, 3.63) is 29.3 Å². The van der Waals surface area contributed by atoms with Crippen LogP contribution in [0.25, 0.3) is 0 Å². The molecule has 0 spiro atoms. The molecule has 20 heavy (non-hydrogen) atoms. The SMILES string of the molecule is COc1ccc(C(C)=O)cc1CN(C)CCOC(C)C. The number of nitrogens with zero attached hydrogens (tertiary/aromatic N) is 1. The van der Waals surface area contributed by atoms with Crippen LogP contribution in [0.5, 0.6) is 5.75 Å². The maximum atomic E-state index is 11.5. The van der Waals surface area contributed by atoms with Gasteiger partial charge in [0.05, 0.1) is 19.8 Å². The molecule has 1 aromatic carbocycles. The predicted molar refractivity (Wildman–Crippen MR) is 80.4 cm³/mol. The summed E-state index contributed by atoms with van der Waals surface area (Å²) in [5, 5.41) is 0. The Bertz CT molecular complexity index is 443. The van der Waals surface area contributed by atoms with Crippen LogP contribution in [0.15, 0.2) is 18.2 Å². The second-order valence-electron chi connectivity index (χ2n) is 5.24. The van der Waals surface area contributed by atoms with Gasteiger partial charge in [0.2, 0.25) is 0 Å². The highest BCUT2D eigenvalue weighted by molar-refractivity contribution is 5.94. The summed E-state index contributed by atoms with van der Waals surface area (Å²) in [7, 11) is 3.68. The van der Waals surface area contributed by atoms with Crippen molar-refractivity contribution in [1.29, 1.82) is 0 Å². The van der Waals surface area contributed by atoms with Crippen molar-refractivity contribution in [3.63, 3.8) is 0 Å². The molecule has 4 nitrogen and oxygen atoms in total. The highest BCUT2D eigenvalue weighted by atomic mass is 16.5. The summed E-state index contributed by atoms with van der Waals surface area (Å²) < 4.78 is 10.9. The number of methoxy groups -OCH3 is 1. The molecule has 0 unspecified atom stereocenters. The molecule has 0 fully saturated rings. The number of hydrogen-bond acceptors (Lipinski definition) is 4. The topological polar surface area (TPSA) is 38.8 Å². The molecule has 0 aliphatic heterocycles. The number of rotatable bonds is 8. The Kier molecular flexibility index (Phi) is 6.68. The Balaban J connectivity index is 2.69. The van der Waals surface area contributed by atoms with Gasteiger partial charge in [-0.3, -0.25) is 9.69 Å². The minimum absolute atomic E-state index is 0.0692. The van der Waals surface area contributed by atoms with E-state index in [0.717, 1.165) is 24.4 Å². The normalized spacial score (nSPS) is 11.2. The molecule has 4 heteroatoms. The average Bonchev–Trinajstić information content (AvgIpc) is 2.38. The third-order valence-corrected chi connectivity index (χ3v) is 3.05. The minimum atomic E-state index is 0.0692. The summed E-state index contributed by atoms with van der Waals surface area (Å²) >= 11 is 0. The van der Waals surface area contributed by atoms with Crippen LogP contribution in [0.2, 0.25) is 0 Å². The van der Waals surface area contributed by atoms with Crippen LogP contribution < -0.4 is 4.74 Å². The van der Waals surface area contributed by atoms with Gasteiger partial charge in [0.1, 0.15) is 5.75 Å². The standard InChI is InChI=1S/C16H25NO3/c1-12(2)20-9-8-17(4)11-15-10-14(13(3)18)6-7-16(15)19-5/h6-7,10,12H,8-9,11H2,1-5H3. The smallest absolute Gasteiger partial charge is 0.159 e. The van der Waals surface area contributed by atoms with E-state index in [-0.39, 0.29) is 11.9 Å². The zero-order chi connectivity index (χ0) is 15.1. The predicted octanol–water partition coefficient (Wildman–Crippen LogP) is 2.75. The first-order valence-corrected chi connectivity index (χ1v) is 6.92. The zero-order valence-electron chi connectivity index (χ0n) is 13.1. The third-order valence-electron chi connectivity index (χ3n) is 3.05. The molecule has 0 N–H and O–H groups in total. The van der Waals surface area contributed by atoms with Crippen molar-refractivity contribution >= 4 is 5.78 Å². The van der Waals surface area contributed by atoms with Gasteiger partial charge in [-0.05, 0) is 46.0 Å². The van der Waals surface area contributed by atoms with E-state index in [1.54, 1.807) is 20.1 Å². The summed E-state index contributed by atoms with van der Waals surface area (Å²) in [5.74, 6) is 0.881. The van der Waals surface area contributed by atoms with Gasteiger partial charge in [0.25, 0.3) is 0 Å². The van der Waals surface area contributed by atoms with Gasteiger partial charge in [0.15, 0.2) is 5.78 Å². The van der Waals surface area contributed by atoms with Gasteiger partial charge >= 0.3 is 0 Å². The molecule has 0 amide bonds. The van der Waals surface area contributed by atoms with Gasteiger partial charge < -0.3 is 9.47 Å². The van der Waals surface area contributed by atoms with E-state index in [4.69, 9.17) is 9.47 Å². The first-order valence-electron chi connectivity index (χ1n) is 6.92. The van der Waals surface area contributed by atoms with E-state index in [9.17, 15) is 4.79 Å². The molecule has 1 aromatic rings. The number of carbonyl (C=O) groups excluding carboxylic acids is 1. The molecule has 112 valence electrons. The summed E-state index contributed by atoms with van der Waals surface area (Å²) in [6.45, 7) is 7.89. The Morgan fingerprint density at radius 1 is 1.35 bits per heavy atom. The molecular formula is C16H25NO3. The largest absolute Gasteiger partial charge is 0.496 e. The van der Waals surface area contributed by atoms with Crippen molar-refractivity contribution in [2.24, 2.45) is 0 Å². The van der Waals surface area contributed by atoms with Crippen LogP contribution in [-0.4, -0.2) is 44.1 Å². The number of Topliss-reactive ketones (excluding diaryl/α,β-unsaturated/α-hetero) is 1. The van der Waals surface area contributed by atoms with E-state index >= 15 is 0 Å². The quantitative estimate of drug-likeness (QED) is 0.686. The Morgan fingerprint density at radius 2 is 2.05 bits per heavy atom. The molecule has 1 rings (SSSR count). The second kappa shape index (κ2) is 8.02. The fourth-order valence-corrected chi connectivity index (χ4v) is 1.94. The highest BCUT2D eigenvalue weighted by Gasteiger charge is 2.09. The highest BCUT2D eigenvalue weighted by Crippen LogP contribution is 2.21. The van der Waals surface area contributed by atoms with Crippen LogP contribution in [-0.2, 0) is 11.3 Å².